The normalized spacial score (nSPS) is 18.2. The van der Waals surface area contributed by atoms with Crippen molar-refractivity contribution in [2.24, 2.45) is 0 Å². The van der Waals surface area contributed by atoms with Crippen LogP contribution in [0, 0.1) is 6.92 Å². The first-order chi connectivity index (χ1) is 17.0. The van der Waals surface area contributed by atoms with Gasteiger partial charge >= 0.3 is 6.09 Å². The number of hydrogen-bond donors (Lipinski definition) is 2. The summed E-state index contributed by atoms with van der Waals surface area (Å²) < 4.78 is 24.3. The number of amides is 1. The van der Waals surface area contributed by atoms with E-state index < -0.39 is 13.0 Å². The van der Waals surface area contributed by atoms with Crippen molar-refractivity contribution < 1.29 is 18.6 Å². The Morgan fingerprint density at radius 1 is 1.33 bits per heavy atom. The topological polar surface area (TPSA) is 109 Å². The summed E-state index contributed by atoms with van der Waals surface area (Å²) in [6, 6.07) is 5.75. The number of carbonyl (C=O) groups excluding carboxylic acids is 1. The van der Waals surface area contributed by atoms with Gasteiger partial charge in [-0.15, -0.1) is 0 Å². The Labute approximate surface area is 212 Å². The third-order valence-corrected chi connectivity index (χ3v) is 8.14. The Bertz CT molecular complexity index is 1300. The van der Waals surface area contributed by atoms with Crippen molar-refractivity contribution in [3.05, 3.63) is 36.2 Å². The second-order valence-corrected chi connectivity index (χ2v) is 12.7. The zero-order valence-corrected chi connectivity index (χ0v) is 22.8. The number of para-hydroxylation sites is 1. The molecule has 10 heteroatoms. The molecule has 1 amide bonds. The summed E-state index contributed by atoms with van der Waals surface area (Å²) in [6.07, 6.45) is 5.18. The van der Waals surface area contributed by atoms with E-state index in [-0.39, 0.29) is 12.1 Å². The zero-order valence-electron chi connectivity index (χ0n) is 21.9. The molecule has 4 rings (SSSR count). The number of carbonyl (C=O) groups is 1. The van der Waals surface area contributed by atoms with Crippen LogP contribution in [0.1, 0.15) is 46.1 Å². The minimum atomic E-state index is -2.96. The van der Waals surface area contributed by atoms with Crippen LogP contribution in [0.2, 0.25) is 0 Å². The molecule has 1 fully saturated rings. The molecule has 1 aromatic carbocycles. The summed E-state index contributed by atoms with van der Waals surface area (Å²) >= 11 is 0. The van der Waals surface area contributed by atoms with Crippen LogP contribution in [0.15, 0.2) is 30.6 Å². The van der Waals surface area contributed by atoms with Gasteiger partial charge in [-0.3, -0.25) is 4.57 Å². The number of ether oxygens (including phenoxy) is 1. The maximum Gasteiger partial charge on any atom is 0.410 e. The summed E-state index contributed by atoms with van der Waals surface area (Å²) in [4.78, 5) is 26.9. The van der Waals surface area contributed by atoms with E-state index >= 15 is 0 Å². The number of piperidine rings is 1. The Hall–Kier alpha value is -2.90. The van der Waals surface area contributed by atoms with Crippen molar-refractivity contribution in [1.82, 2.24) is 19.9 Å². The molecule has 0 saturated carbocycles. The molecule has 1 unspecified atom stereocenters. The van der Waals surface area contributed by atoms with Crippen LogP contribution >= 0.6 is 7.37 Å². The summed E-state index contributed by atoms with van der Waals surface area (Å²) in [5.41, 5.74) is 2.89. The SMILES string of the molecule is CCOP(C)(=O)c1cccc2c(-c3nc(N[C@H]4CCCN(C(=O)OC(C)(C)C)C4)ncc3C)c[nH]c12. The van der Waals surface area contributed by atoms with Gasteiger partial charge in [-0.05, 0) is 59.1 Å². The number of nitrogens with one attached hydrogen (secondary N) is 2. The maximum atomic E-state index is 13.2. The third kappa shape index (κ3) is 5.73. The van der Waals surface area contributed by atoms with Crippen molar-refractivity contribution in [1.29, 1.82) is 0 Å². The Morgan fingerprint density at radius 2 is 2.11 bits per heavy atom. The molecule has 1 aliphatic rings. The number of nitrogens with zero attached hydrogens (tertiary/aromatic N) is 3. The maximum absolute atomic E-state index is 13.2. The Morgan fingerprint density at radius 3 is 2.83 bits per heavy atom. The highest BCUT2D eigenvalue weighted by molar-refractivity contribution is 7.66. The van der Waals surface area contributed by atoms with Gasteiger partial charge in [0, 0.05) is 49.1 Å². The van der Waals surface area contributed by atoms with E-state index in [4.69, 9.17) is 14.2 Å². The monoisotopic (exact) mass is 513 g/mol. The number of benzene rings is 1. The highest BCUT2D eigenvalue weighted by Gasteiger charge is 2.28. The molecule has 0 bridgehead atoms. The van der Waals surface area contributed by atoms with Crippen molar-refractivity contribution in [3.8, 4) is 11.3 Å². The number of aryl methyl sites for hydroxylation is 1. The predicted octanol–water partition coefficient (Wildman–Crippen LogP) is 5.31. The molecule has 2 aromatic heterocycles. The molecule has 0 radical (unpaired) electrons. The van der Waals surface area contributed by atoms with Gasteiger partial charge < -0.3 is 24.5 Å². The predicted molar refractivity (Wildman–Crippen MR) is 143 cm³/mol. The first-order valence-electron chi connectivity index (χ1n) is 12.4. The van der Waals surface area contributed by atoms with Crippen molar-refractivity contribution in [2.75, 3.05) is 31.7 Å². The standard InChI is InChI=1S/C26H36N5O4P/c1-7-34-36(6,33)21-12-8-11-19-20(15-27-23(19)21)22-17(2)14-28-24(30-22)29-18-10-9-13-31(16-18)25(32)35-26(3,4)5/h8,11-12,14-15,18,27H,7,9-10,13,16H2,1-6H3,(H,28,29,30)/t18-,36?/m0/s1. The van der Waals surface area contributed by atoms with Crippen LogP contribution < -0.4 is 10.6 Å². The van der Waals surface area contributed by atoms with Crippen molar-refractivity contribution >= 4 is 35.6 Å². The average Bonchev–Trinajstić information content (AvgIpc) is 3.23. The van der Waals surface area contributed by atoms with Gasteiger partial charge in [0.05, 0.1) is 23.1 Å². The fourth-order valence-corrected chi connectivity index (χ4v) is 6.12. The van der Waals surface area contributed by atoms with Crippen molar-refractivity contribution in [2.45, 2.75) is 59.1 Å². The molecule has 194 valence electrons. The minimum Gasteiger partial charge on any atom is -0.444 e. The Balaban J connectivity index is 1.58. The number of aromatic amines is 1. The van der Waals surface area contributed by atoms with Crippen molar-refractivity contribution in [3.63, 3.8) is 0 Å². The quantitative estimate of drug-likeness (QED) is 0.430. The lowest BCUT2D eigenvalue weighted by Crippen LogP contribution is -2.47. The molecular formula is C26H36N5O4P. The number of likely N-dealkylation sites (tertiary alicyclic amines) is 1. The molecule has 36 heavy (non-hydrogen) atoms. The van der Waals surface area contributed by atoms with Gasteiger partial charge in [-0.2, -0.15) is 0 Å². The number of anilines is 1. The van der Waals surface area contributed by atoms with E-state index in [1.54, 1.807) is 17.8 Å². The van der Waals surface area contributed by atoms with Gasteiger partial charge in [0.25, 0.3) is 0 Å². The highest BCUT2D eigenvalue weighted by Crippen LogP contribution is 2.44. The lowest BCUT2D eigenvalue weighted by molar-refractivity contribution is 0.0206. The summed E-state index contributed by atoms with van der Waals surface area (Å²) in [5.74, 6) is 0.507. The second kappa shape index (κ2) is 10.2. The van der Waals surface area contributed by atoms with Gasteiger partial charge in [0.1, 0.15) is 5.60 Å². The molecule has 0 spiro atoms. The Kier molecular flexibility index (Phi) is 7.43. The smallest absolute Gasteiger partial charge is 0.410 e. The second-order valence-electron chi connectivity index (χ2n) is 10.3. The van der Waals surface area contributed by atoms with E-state index in [0.717, 1.165) is 40.6 Å². The van der Waals surface area contributed by atoms with Crippen LogP contribution in [0.25, 0.3) is 22.2 Å². The van der Waals surface area contributed by atoms with Gasteiger partial charge in [-0.1, -0.05) is 12.1 Å². The van der Waals surface area contributed by atoms with E-state index in [1.165, 1.54) is 0 Å². The highest BCUT2D eigenvalue weighted by atomic mass is 31.2. The molecule has 3 aromatic rings. The summed E-state index contributed by atoms with van der Waals surface area (Å²) in [6.45, 7) is 12.7. The zero-order chi connectivity index (χ0) is 26.1. The van der Waals surface area contributed by atoms with E-state index in [0.29, 0.717) is 30.9 Å². The van der Waals surface area contributed by atoms with Gasteiger partial charge in [0.2, 0.25) is 13.3 Å². The largest absolute Gasteiger partial charge is 0.444 e. The van der Waals surface area contributed by atoms with Gasteiger partial charge in [-0.25, -0.2) is 14.8 Å². The van der Waals surface area contributed by atoms with Crippen LogP contribution in [-0.2, 0) is 13.8 Å². The van der Waals surface area contributed by atoms with E-state index in [9.17, 15) is 9.36 Å². The number of aromatic nitrogens is 3. The number of hydrogen-bond acceptors (Lipinski definition) is 7. The number of H-pyrrole nitrogens is 1. The number of rotatable bonds is 6. The van der Waals surface area contributed by atoms with Crippen LogP contribution in [0.5, 0.6) is 0 Å². The average molecular weight is 514 g/mol. The van der Waals surface area contributed by atoms with E-state index in [2.05, 4.69) is 15.3 Å². The van der Waals surface area contributed by atoms with Gasteiger partial charge in [0.15, 0.2) is 0 Å². The summed E-state index contributed by atoms with van der Waals surface area (Å²) in [7, 11) is -2.96. The molecular weight excluding hydrogens is 477 g/mol. The molecule has 9 nitrogen and oxygen atoms in total. The number of fused-ring (bicyclic) bond motifs is 1. The first kappa shape index (κ1) is 26.2. The third-order valence-electron chi connectivity index (χ3n) is 6.14. The lowest BCUT2D eigenvalue weighted by Gasteiger charge is -2.34. The van der Waals surface area contributed by atoms with Crippen LogP contribution in [0.3, 0.4) is 0 Å². The fourth-order valence-electron chi connectivity index (χ4n) is 4.54. The molecule has 1 saturated heterocycles. The lowest BCUT2D eigenvalue weighted by atomic mass is 10.1. The molecule has 2 N–H and O–H groups in total. The minimum absolute atomic E-state index is 0.0218. The summed E-state index contributed by atoms with van der Waals surface area (Å²) in [5, 5.41) is 5.01. The molecule has 0 aliphatic carbocycles. The first-order valence-corrected chi connectivity index (χ1v) is 14.5. The molecule has 2 atom stereocenters. The molecule has 3 heterocycles. The fraction of sp³-hybridized carbons (Fsp3) is 0.500. The van der Waals surface area contributed by atoms with E-state index in [1.807, 2.05) is 59.0 Å². The van der Waals surface area contributed by atoms with Crippen LogP contribution in [-0.4, -0.2) is 63.9 Å². The van der Waals surface area contributed by atoms with Crippen LogP contribution in [0.4, 0.5) is 10.7 Å². The molecule has 1 aliphatic heterocycles.